The highest BCUT2D eigenvalue weighted by atomic mass is 35.5. The summed E-state index contributed by atoms with van der Waals surface area (Å²) < 4.78 is 33.2. The number of nitrogens with zero attached hydrogens (tertiary/aromatic N) is 2. The fraction of sp³-hybridized carbons (Fsp3) is 0.286. The average molecular weight is 703 g/mol. The molecule has 2 heterocycles. The van der Waals surface area contributed by atoms with Crippen LogP contribution in [-0.2, 0) is 30.8 Å². The van der Waals surface area contributed by atoms with Crippen molar-refractivity contribution in [1.29, 1.82) is 0 Å². The Morgan fingerprint density at radius 1 is 1.07 bits per heavy atom. The number of methoxy groups -OCH3 is 1. The van der Waals surface area contributed by atoms with Crippen LogP contribution < -0.4 is 16.4 Å². The van der Waals surface area contributed by atoms with Gasteiger partial charge >= 0.3 is 5.97 Å². The van der Waals surface area contributed by atoms with Crippen LogP contribution in [0.15, 0.2) is 59.8 Å². The van der Waals surface area contributed by atoms with Crippen molar-refractivity contribution in [3.05, 3.63) is 86.1 Å². The van der Waals surface area contributed by atoms with E-state index < -0.39 is 45.4 Å². The summed E-state index contributed by atoms with van der Waals surface area (Å²) >= 11 is 24.2. The molecule has 3 atom stereocenters. The number of benzene rings is 2. The summed E-state index contributed by atoms with van der Waals surface area (Å²) in [5.74, 6) is -2.09. The lowest BCUT2D eigenvalue weighted by Crippen LogP contribution is -2.64. The maximum atomic E-state index is 13.8. The Labute approximate surface area is 274 Å². The summed E-state index contributed by atoms with van der Waals surface area (Å²) in [7, 11) is -3.11. The van der Waals surface area contributed by atoms with Gasteiger partial charge in [-0.05, 0) is 49.2 Å². The summed E-state index contributed by atoms with van der Waals surface area (Å²) in [6, 6.07) is 8.20. The van der Waals surface area contributed by atoms with Crippen LogP contribution >= 0.6 is 46.4 Å². The molecule has 11 nitrogen and oxygen atoms in total. The first-order valence-corrected chi connectivity index (χ1v) is 16.0. The Morgan fingerprint density at radius 2 is 1.66 bits per heavy atom. The standard InChI is InChI=1S/C28H27Cl4N5O6S/c1-28(23(33)7-8-37(28)44(41,42)19-11-16(29)10-17(30)12-19)27(40)36-22(26(39)43-2)9-15-3-5-18(6-4-15)35-25(38)24-20(31)13-34-14-21(24)32/h3-6,10-14,22-23H,7-9,33H2,1-2H3,(H,35,38)(H,36,40)/t22-,23+,28?/m0/s1. The average Bonchev–Trinajstić information content (AvgIpc) is 3.28. The topological polar surface area (TPSA) is 161 Å². The van der Waals surface area contributed by atoms with Crippen molar-refractivity contribution in [2.45, 2.75) is 42.3 Å². The molecular formula is C28H27Cl4N5O6S. The second-order valence-electron chi connectivity index (χ2n) is 10.1. The number of amides is 2. The smallest absolute Gasteiger partial charge is 0.328 e. The molecule has 4 N–H and O–H groups in total. The van der Waals surface area contributed by atoms with E-state index in [0.29, 0.717) is 11.3 Å². The van der Waals surface area contributed by atoms with Crippen LogP contribution in [0.2, 0.25) is 20.1 Å². The molecule has 1 saturated heterocycles. The number of pyridine rings is 1. The highest BCUT2D eigenvalue weighted by molar-refractivity contribution is 7.89. The van der Waals surface area contributed by atoms with Crippen molar-refractivity contribution >= 4 is 79.9 Å². The molecule has 16 heteroatoms. The molecule has 44 heavy (non-hydrogen) atoms. The predicted octanol–water partition coefficient (Wildman–Crippen LogP) is 4.33. The molecule has 0 bridgehead atoms. The monoisotopic (exact) mass is 701 g/mol. The fourth-order valence-electron chi connectivity index (χ4n) is 4.83. The van der Waals surface area contributed by atoms with Crippen LogP contribution in [0.4, 0.5) is 5.69 Å². The molecule has 0 saturated carbocycles. The number of rotatable bonds is 9. The Balaban J connectivity index is 1.53. The van der Waals surface area contributed by atoms with E-state index in [1.54, 1.807) is 24.3 Å². The molecule has 1 aromatic heterocycles. The van der Waals surface area contributed by atoms with Crippen LogP contribution in [0, 0.1) is 0 Å². The lowest BCUT2D eigenvalue weighted by Gasteiger charge is -2.36. The second-order valence-corrected chi connectivity index (χ2v) is 13.7. The van der Waals surface area contributed by atoms with Crippen molar-refractivity contribution in [1.82, 2.24) is 14.6 Å². The molecule has 4 rings (SSSR count). The Kier molecular flexibility index (Phi) is 10.5. The van der Waals surface area contributed by atoms with Gasteiger partial charge < -0.3 is 21.1 Å². The van der Waals surface area contributed by atoms with Gasteiger partial charge in [-0.1, -0.05) is 58.5 Å². The zero-order valence-electron chi connectivity index (χ0n) is 23.3. The third kappa shape index (κ3) is 6.96. The number of nitrogens with two attached hydrogens (primary N) is 1. The third-order valence-electron chi connectivity index (χ3n) is 7.29. The molecular weight excluding hydrogens is 676 g/mol. The number of carbonyl (C=O) groups excluding carboxylic acids is 3. The predicted molar refractivity (Wildman–Crippen MR) is 168 cm³/mol. The Morgan fingerprint density at radius 3 is 2.23 bits per heavy atom. The highest BCUT2D eigenvalue weighted by Crippen LogP contribution is 2.36. The van der Waals surface area contributed by atoms with Gasteiger partial charge in [-0.3, -0.25) is 14.6 Å². The minimum absolute atomic E-state index is 0.0172. The molecule has 0 radical (unpaired) electrons. The molecule has 0 aliphatic carbocycles. The molecule has 1 fully saturated rings. The summed E-state index contributed by atoms with van der Waals surface area (Å²) in [6.45, 7) is 1.35. The van der Waals surface area contributed by atoms with Gasteiger partial charge in [0, 0.05) is 47.1 Å². The molecule has 0 spiro atoms. The number of esters is 1. The summed E-state index contributed by atoms with van der Waals surface area (Å²) in [5.41, 5.74) is 5.61. The van der Waals surface area contributed by atoms with E-state index in [-0.39, 0.29) is 49.9 Å². The summed E-state index contributed by atoms with van der Waals surface area (Å²) in [4.78, 5) is 42.8. The molecule has 1 aliphatic rings. The molecule has 234 valence electrons. The third-order valence-corrected chi connectivity index (χ3v) is 10.3. The number of aromatic nitrogens is 1. The first-order chi connectivity index (χ1) is 20.7. The fourth-order valence-corrected chi connectivity index (χ4v) is 7.89. The molecule has 1 unspecified atom stereocenters. The number of carbonyl (C=O) groups is 3. The molecule has 2 aromatic carbocycles. The van der Waals surface area contributed by atoms with Gasteiger partial charge in [0.25, 0.3) is 5.91 Å². The second kappa shape index (κ2) is 13.6. The zero-order valence-corrected chi connectivity index (χ0v) is 27.2. The Hall–Kier alpha value is -2.97. The van der Waals surface area contributed by atoms with Crippen molar-refractivity contribution in [3.8, 4) is 0 Å². The van der Waals surface area contributed by atoms with Gasteiger partial charge in [0.05, 0.1) is 27.6 Å². The Bertz CT molecular complexity index is 1670. The zero-order chi connectivity index (χ0) is 32.4. The van der Waals surface area contributed by atoms with Crippen molar-refractivity contribution in [3.63, 3.8) is 0 Å². The number of halogens is 4. The van der Waals surface area contributed by atoms with E-state index >= 15 is 0 Å². The lowest BCUT2D eigenvalue weighted by atomic mass is 9.93. The van der Waals surface area contributed by atoms with Crippen LogP contribution in [0.3, 0.4) is 0 Å². The van der Waals surface area contributed by atoms with Gasteiger partial charge in [-0.2, -0.15) is 4.31 Å². The highest BCUT2D eigenvalue weighted by Gasteiger charge is 2.55. The summed E-state index contributed by atoms with van der Waals surface area (Å²) in [5, 5.41) is 5.69. The summed E-state index contributed by atoms with van der Waals surface area (Å²) in [6.07, 6.45) is 2.76. The number of hydrogen-bond donors (Lipinski definition) is 3. The number of nitrogens with one attached hydrogen (secondary N) is 2. The molecule has 3 aromatic rings. The van der Waals surface area contributed by atoms with Crippen LogP contribution in [0.25, 0.3) is 0 Å². The van der Waals surface area contributed by atoms with E-state index in [2.05, 4.69) is 15.6 Å². The minimum Gasteiger partial charge on any atom is -0.467 e. The SMILES string of the molecule is COC(=O)[C@H](Cc1ccc(NC(=O)c2c(Cl)cncc2Cl)cc1)NC(=O)C1(C)[C@H](N)CCN1S(=O)(=O)c1cc(Cl)cc(Cl)c1. The maximum absolute atomic E-state index is 13.8. The number of anilines is 1. The van der Waals surface area contributed by atoms with E-state index in [1.807, 2.05) is 0 Å². The van der Waals surface area contributed by atoms with Gasteiger partial charge in [0.15, 0.2) is 0 Å². The van der Waals surface area contributed by atoms with Gasteiger partial charge in [-0.15, -0.1) is 0 Å². The first-order valence-electron chi connectivity index (χ1n) is 13.0. The first kappa shape index (κ1) is 33.9. The largest absolute Gasteiger partial charge is 0.467 e. The van der Waals surface area contributed by atoms with Gasteiger partial charge in [0.1, 0.15) is 11.6 Å². The van der Waals surface area contributed by atoms with Crippen molar-refractivity contribution in [2.75, 3.05) is 19.0 Å². The normalized spacial score (nSPS) is 19.3. The number of hydrogen-bond acceptors (Lipinski definition) is 8. The van der Waals surface area contributed by atoms with Crippen molar-refractivity contribution < 1.29 is 27.5 Å². The van der Waals surface area contributed by atoms with Gasteiger partial charge in [0.2, 0.25) is 15.9 Å². The van der Waals surface area contributed by atoms with Gasteiger partial charge in [-0.25, -0.2) is 13.2 Å². The maximum Gasteiger partial charge on any atom is 0.328 e. The minimum atomic E-state index is -4.28. The van der Waals surface area contributed by atoms with Crippen LogP contribution in [0.1, 0.15) is 29.3 Å². The number of sulfonamides is 1. The van der Waals surface area contributed by atoms with E-state index in [1.165, 1.54) is 37.5 Å². The van der Waals surface area contributed by atoms with E-state index in [9.17, 15) is 22.8 Å². The van der Waals surface area contributed by atoms with Crippen LogP contribution in [0.5, 0.6) is 0 Å². The molecule has 1 aliphatic heterocycles. The lowest BCUT2D eigenvalue weighted by molar-refractivity contribution is -0.146. The van der Waals surface area contributed by atoms with E-state index in [0.717, 1.165) is 11.4 Å². The van der Waals surface area contributed by atoms with E-state index in [4.69, 9.17) is 56.9 Å². The molecule has 2 amide bonds. The van der Waals surface area contributed by atoms with Crippen LogP contribution in [-0.4, -0.2) is 66.8 Å². The number of ether oxygens (including phenoxy) is 1. The van der Waals surface area contributed by atoms with Crippen molar-refractivity contribution in [2.24, 2.45) is 5.73 Å². The quantitative estimate of drug-likeness (QED) is 0.278.